The number of hydrogen-bond acceptors (Lipinski definition) is 5. The number of nitrogens with zero attached hydrogens (tertiary/aromatic N) is 2. The molecule has 0 spiro atoms. The third-order valence-corrected chi connectivity index (χ3v) is 4.72. The molecule has 3 rings (SSSR count). The largest absolute Gasteiger partial charge is 0.320 e. The molecule has 3 aromatic rings. The first kappa shape index (κ1) is 21.8. The van der Waals surface area contributed by atoms with Crippen molar-refractivity contribution in [3.63, 3.8) is 0 Å². The van der Waals surface area contributed by atoms with Gasteiger partial charge >= 0.3 is 0 Å². The molecule has 8 nitrogen and oxygen atoms in total. The maximum atomic E-state index is 13.2. The first-order chi connectivity index (χ1) is 14.3. The van der Waals surface area contributed by atoms with Crippen LogP contribution in [0.25, 0.3) is 5.82 Å². The molecule has 30 heavy (non-hydrogen) atoms. The van der Waals surface area contributed by atoms with Crippen LogP contribution in [-0.4, -0.2) is 28.5 Å². The van der Waals surface area contributed by atoms with Crippen LogP contribution < -0.4 is 16.3 Å². The summed E-state index contributed by atoms with van der Waals surface area (Å²) in [4.78, 5) is 34.5. The highest BCUT2D eigenvalue weighted by Gasteiger charge is 2.21. The molecule has 0 aliphatic heterocycles. The van der Waals surface area contributed by atoms with Crippen LogP contribution in [0.1, 0.15) is 32.0 Å². The Morgan fingerprint density at radius 3 is 2.60 bits per heavy atom. The number of nitrogens with one attached hydrogen (secondary N) is 3. The van der Waals surface area contributed by atoms with Gasteiger partial charge in [0.15, 0.2) is 5.82 Å². The van der Waals surface area contributed by atoms with Crippen LogP contribution >= 0.6 is 23.2 Å². The first-order valence-corrected chi connectivity index (χ1v) is 9.57. The Hall–Kier alpha value is -2.91. The molecule has 2 heterocycles. The highest BCUT2D eigenvalue weighted by molar-refractivity contribution is 6.32. The van der Waals surface area contributed by atoms with Gasteiger partial charge in [0, 0.05) is 17.4 Å². The van der Waals surface area contributed by atoms with Crippen molar-refractivity contribution >= 4 is 40.7 Å². The molecular formula is C20H19Cl2N5O3. The summed E-state index contributed by atoms with van der Waals surface area (Å²) in [5.41, 5.74) is 6.86. The fourth-order valence-corrected chi connectivity index (χ4v) is 3.42. The van der Waals surface area contributed by atoms with Crippen molar-refractivity contribution < 1.29 is 14.4 Å². The predicted octanol–water partition coefficient (Wildman–Crippen LogP) is 3.84. The van der Waals surface area contributed by atoms with E-state index in [4.69, 9.17) is 23.2 Å². The molecule has 0 atom stereocenters. The molecular weight excluding hydrogens is 429 g/mol. The van der Waals surface area contributed by atoms with Crippen molar-refractivity contribution in [3.8, 4) is 5.82 Å². The van der Waals surface area contributed by atoms with Crippen molar-refractivity contribution in [2.75, 3.05) is 12.4 Å². The highest BCUT2D eigenvalue weighted by atomic mass is 35.5. The van der Waals surface area contributed by atoms with E-state index in [0.717, 1.165) is 5.56 Å². The monoisotopic (exact) mass is 447 g/mol. The normalized spacial score (nSPS) is 10.7. The number of hydrogen-bond donors (Lipinski definition) is 3. The Labute approximate surface area is 183 Å². The average molecular weight is 448 g/mol. The lowest BCUT2D eigenvalue weighted by Gasteiger charge is -2.16. The number of halogens is 2. The van der Waals surface area contributed by atoms with E-state index in [0.29, 0.717) is 32.8 Å². The van der Waals surface area contributed by atoms with Crippen molar-refractivity contribution in [1.82, 2.24) is 20.6 Å². The smallest absolute Gasteiger partial charge is 0.272 e. The summed E-state index contributed by atoms with van der Waals surface area (Å²) in [5.74, 6) is -0.548. The van der Waals surface area contributed by atoms with Gasteiger partial charge in [0.2, 0.25) is 0 Å². The number of hydrazine groups is 1. The molecule has 0 aliphatic rings. The zero-order valence-electron chi connectivity index (χ0n) is 16.4. The lowest BCUT2D eigenvalue weighted by molar-refractivity contribution is 0.0459. The van der Waals surface area contributed by atoms with Gasteiger partial charge in [-0.2, -0.15) is 0 Å². The molecule has 0 unspecified atom stereocenters. The summed E-state index contributed by atoms with van der Waals surface area (Å²) in [7, 11) is 1.35. The Morgan fingerprint density at radius 1 is 1.13 bits per heavy atom. The van der Waals surface area contributed by atoms with Gasteiger partial charge in [-0.15, -0.1) is 5.59 Å². The standard InChI is InChI=1S/C20H19Cl2N5O3/c1-11-7-16(27(10-11)18-15(22)5-4-6-23-18)20(29)24-17-12(2)8-13(21)9-14(17)19(28)25-26-30-3/h4-10,26H,1-3H3,(H,24,29)(H,25,28). The molecule has 0 aliphatic carbocycles. The van der Waals surface area contributed by atoms with Gasteiger partial charge in [-0.05, 0) is 55.3 Å². The molecule has 0 fully saturated rings. The van der Waals surface area contributed by atoms with Crippen molar-refractivity contribution in [2.24, 2.45) is 0 Å². The van der Waals surface area contributed by atoms with Gasteiger partial charge in [-0.25, -0.2) is 4.98 Å². The van der Waals surface area contributed by atoms with Gasteiger partial charge in [0.1, 0.15) is 5.69 Å². The van der Waals surface area contributed by atoms with Crippen LogP contribution in [0.4, 0.5) is 5.69 Å². The van der Waals surface area contributed by atoms with E-state index in [1.807, 2.05) is 6.92 Å². The number of aromatic nitrogens is 2. The number of aryl methyl sites for hydroxylation is 2. The van der Waals surface area contributed by atoms with Crippen LogP contribution in [0.2, 0.25) is 10.0 Å². The molecule has 3 N–H and O–H groups in total. The lowest BCUT2D eigenvalue weighted by Crippen LogP contribution is -2.37. The second kappa shape index (κ2) is 9.27. The zero-order chi connectivity index (χ0) is 21.8. The fraction of sp³-hybridized carbons (Fsp3) is 0.150. The number of carbonyl (C=O) groups excluding carboxylic acids is 2. The second-order valence-electron chi connectivity index (χ2n) is 6.44. The van der Waals surface area contributed by atoms with E-state index in [1.165, 1.54) is 13.2 Å². The Balaban J connectivity index is 2.00. The predicted molar refractivity (Wildman–Crippen MR) is 115 cm³/mol. The van der Waals surface area contributed by atoms with E-state index in [2.05, 4.69) is 26.2 Å². The SMILES string of the molecule is CONNC(=O)c1cc(Cl)cc(C)c1NC(=O)c1cc(C)cn1-c1ncccc1Cl. The van der Waals surface area contributed by atoms with Gasteiger partial charge in [-0.1, -0.05) is 23.2 Å². The molecule has 0 bridgehead atoms. The summed E-state index contributed by atoms with van der Waals surface area (Å²) < 4.78 is 1.60. The molecule has 1 aromatic carbocycles. The van der Waals surface area contributed by atoms with Crippen molar-refractivity contribution in [3.05, 3.63) is 75.2 Å². The third-order valence-electron chi connectivity index (χ3n) is 4.21. The maximum Gasteiger partial charge on any atom is 0.272 e. The maximum absolute atomic E-state index is 13.2. The van der Waals surface area contributed by atoms with E-state index in [-0.39, 0.29) is 5.56 Å². The Morgan fingerprint density at radius 2 is 1.90 bits per heavy atom. The molecule has 156 valence electrons. The minimum absolute atomic E-state index is 0.170. The van der Waals surface area contributed by atoms with Crippen molar-refractivity contribution in [2.45, 2.75) is 13.8 Å². The first-order valence-electron chi connectivity index (χ1n) is 8.81. The summed E-state index contributed by atoms with van der Waals surface area (Å²) in [6.07, 6.45) is 3.35. The summed E-state index contributed by atoms with van der Waals surface area (Å²) in [6.45, 7) is 3.59. The quantitative estimate of drug-likeness (QED) is 0.498. The third kappa shape index (κ3) is 4.63. The molecule has 2 aromatic heterocycles. The van der Waals surface area contributed by atoms with Crippen LogP contribution in [0.3, 0.4) is 0 Å². The van der Waals surface area contributed by atoms with Gasteiger partial charge in [-0.3, -0.25) is 24.4 Å². The number of benzene rings is 1. The fourth-order valence-electron chi connectivity index (χ4n) is 2.93. The summed E-state index contributed by atoms with van der Waals surface area (Å²) >= 11 is 12.4. The molecule has 0 saturated heterocycles. The number of pyridine rings is 1. The van der Waals surface area contributed by atoms with Gasteiger partial charge in [0.25, 0.3) is 11.8 Å². The Bertz CT molecular complexity index is 1110. The van der Waals surface area contributed by atoms with Gasteiger partial charge in [0.05, 0.1) is 23.4 Å². The average Bonchev–Trinajstić information content (AvgIpc) is 3.09. The minimum atomic E-state index is -0.530. The van der Waals surface area contributed by atoms with Crippen molar-refractivity contribution in [1.29, 1.82) is 0 Å². The molecule has 0 radical (unpaired) electrons. The van der Waals surface area contributed by atoms with E-state index >= 15 is 0 Å². The van der Waals surface area contributed by atoms with Crippen LogP contribution in [0.15, 0.2) is 42.7 Å². The van der Waals surface area contributed by atoms with Gasteiger partial charge < -0.3 is 5.32 Å². The minimum Gasteiger partial charge on any atom is -0.320 e. The lowest BCUT2D eigenvalue weighted by atomic mass is 10.1. The number of carbonyl (C=O) groups is 2. The zero-order valence-corrected chi connectivity index (χ0v) is 17.9. The number of anilines is 1. The number of amides is 2. The summed E-state index contributed by atoms with van der Waals surface area (Å²) in [6, 6.07) is 8.21. The highest BCUT2D eigenvalue weighted by Crippen LogP contribution is 2.27. The molecule has 2 amide bonds. The molecule has 0 saturated carbocycles. The van der Waals surface area contributed by atoms with Crippen LogP contribution in [-0.2, 0) is 4.84 Å². The van der Waals surface area contributed by atoms with Crippen LogP contribution in [0, 0.1) is 13.8 Å². The van der Waals surface area contributed by atoms with Crippen LogP contribution in [0.5, 0.6) is 0 Å². The van der Waals surface area contributed by atoms with E-state index < -0.39 is 11.8 Å². The molecule has 10 heteroatoms. The Kier molecular flexibility index (Phi) is 6.73. The summed E-state index contributed by atoms with van der Waals surface area (Å²) in [5, 5.41) is 3.56. The topological polar surface area (TPSA) is 97.3 Å². The van der Waals surface area contributed by atoms with E-state index in [1.54, 1.807) is 48.1 Å². The number of rotatable bonds is 6. The van der Waals surface area contributed by atoms with E-state index in [9.17, 15) is 9.59 Å². The second-order valence-corrected chi connectivity index (χ2v) is 7.28.